The van der Waals surface area contributed by atoms with Crippen molar-refractivity contribution in [3.63, 3.8) is 0 Å². The van der Waals surface area contributed by atoms with Gasteiger partial charge in [0.15, 0.2) is 0 Å². The van der Waals surface area contributed by atoms with Crippen LogP contribution in [-0.4, -0.2) is 26.1 Å². The molecule has 20 heavy (non-hydrogen) atoms. The van der Waals surface area contributed by atoms with E-state index in [9.17, 15) is 13.2 Å². The first-order valence-electron chi connectivity index (χ1n) is 6.36. The first kappa shape index (κ1) is 13.9. The average molecular weight is 359 g/mol. The minimum absolute atomic E-state index is 0.0306. The van der Waals surface area contributed by atoms with Gasteiger partial charge in [0.05, 0.1) is 17.5 Å². The lowest BCUT2D eigenvalue weighted by Crippen LogP contribution is -2.68. The number of hydrogen-bond donors (Lipinski definition) is 2. The van der Waals surface area contributed by atoms with Crippen LogP contribution < -0.4 is 10.0 Å². The Morgan fingerprint density at radius 3 is 2.50 bits per heavy atom. The number of carbonyl (C=O) groups is 1. The van der Waals surface area contributed by atoms with Gasteiger partial charge in [0, 0.05) is 10.0 Å². The number of nitrogens with one attached hydrogen (secondary N) is 2. The fourth-order valence-electron chi connectivity index (χ4n) is 2.94. The maximum atomic E-state index is 12.3. The maximum absolute atomic E-state index is 12.3. The number of sulfonamides is 1. The van der Waals surface area contributed by atoms with E-state index < -0.39 is 10.0 Å². The Hall–Kier alpha value is -1.08. The van der Waals surface area contributed by atoms with Gasteiger partial charge in [-0.15, -0.1) is 0 Å². The van der Waals surface area contributed by atoms with Crippen LogP contribution in [0.3, 0.4) is 0 Å². The van der Waals surface area contributed by atoms with Crippen molar-refractivity contribution in [1.82, 2.24) is 5.32 Å². The van der Waals surface area contributed by atoms with Gasteiger partial charge in [-0.3, -0.25) is 9.52 Å². The molecule has 4 rings (SSSR count). The standard InChI is InChI=1S/C13H15BrN2O3S/c1-20(18,19)16-11-4-9(14)2-3-10(11)12(17)15-13-5-8(6-13)7-13/h2-4,8,16H,5-7H2,1H3,(H,15,17). The first-order valence-corrected chi connectivity index (χ1v) is 9.05. The van der Waals surface area contributed by atoms with Crippen LogP contribution >= 0.6 is 15.9 Å². The van der Waals surface area contributed by atoms with Gasteiger partial charge < -0.3 is 5.32 Å². The summed E-state index contributed by atoms with van der Waals surface area (Å²) in [4.78, 5) is 12.3. The van der Waals surface area contributed by atoms with Crippen LogP contribution in [0.1, 0.15) is 29.6 Å². The Morgan fingerprint density at radius 2 is 2.00 bits per heavy atom. The Bertz CT molecular complexity index is 670. The molecule has 1 aromatic rings. The van der Waals surface area contributed by atoms with Gasteiger partial charge >= 0.3 is 0 Å². The van der Waals surface area contributed by atoms with E-state index in [-0.39, 0.29) is 11.4 Å². The molecule has 3 aliphatic carbocycles. The van der Waals surface area contributed by atoms with Gasteiger partial charge in [-0.1, -0.05) is 15.9 Å². The SMILES string of the molecule is CS(=O)(=O)Nc1cc(Br)ccc1C(=O)NC12CC(C1)C2. The minimum Gasteiger partial charge on any atom is -0.347 e. The lowest BCUT2D eigenvalue weighted by atomic mass is 9.50. The van der Waals surface area contributed by atoms with Crippen molar-refractivity contribution < 1.29 is 13.2 Å². The van der Waals surface area contributed by atoms with Crippen molar-refractivity contribution in [3.05, 3.63) is 28.2 Å². The number of hydrogen-bond acceptors (Lipinski definition) is 3. The van der Waals surface area contributed by atoms with Crippen molar-refractivity contribution >= 4 is 37.5 Å². The molecule has 0 spiro atoms. The fourth-order valence-corrected chi connectivity index (χ4v) is 3.87. The molecule has 1 aromatic carbocycles. The van der Waals surface area contributed by atoms with Gasteiger partial charge in [0.25, 0.3) is 5.91 Å². The second-order valence-corrected chi connectivity index (χ2v) is 8.44. The van der Waals surface area contributed by atoms with Crippen molar-refractivity contribution in [1.29, 1.82) is 0 Å². The summed E-state index contributed by atoms with van der Waals surface area (Å²) in [7, 11) is -3.43. The third kappa shape index (κ3) is 2.56. The minimum atomic E-state index is -3.43. The molecule has 0 atom stereocenters. The summed E-state index contributed by atoms with van der Waals surface area (Å²) in [5, 5.41) is 3.03. The molecule has 2 N–H and O–H groups in total. The molecular weight excluding hydrogens is 344 g/mol. The summed E-state index contributed by atoms with van der Waals surface area (Å²) in [5.41, 5.74) is 0.617. The monoisotopic (exact) mass is 358 g/mol. The van der Waals surface area contributed by atoms with Gasteiger partial charge in [0.1, 0.15) is 0 Å². The van der Waals surface area contributed by atoms with E-state index in [0.29, 0.717) is 15.7 Å². The van der Waals surface area contributed by atoms with Gasteiger partial charge in [-0.05, 0) is 43.4 Å². The zero-order valence-electron chi connectivity index (χ0n) is 10.9. The van der Waals surface area contributed by atoms with Crippen molar-refractivity contribution in [2.45, 2.75) is 24.8 Å². The second kappa shape index (κ2) is 4.46. The van der Waals surface area contributed by atoms with Gasteiger partial charge in [-0.25, -0.2) is 8.42 Å². The Kier molecular flexibility index (Phi) is 3.10. The molecule has 0 aromatic heterocycles. The number of rotatable bonds is 4. The molecule has 3 saturated carbocycles. The molecule has 0 heterocycles. The highest BCUT2D eigenvalue weighted by Crippen LogP contribution is 2.57. The molecule has 0 aliphatic heterocycles. The normalized spacial score (nSPS) is 27.2. The third-order valence-corrected chi connectivity index (χ3v) is 5.02. The number of amides is 1. The summed E-state index contributed by atoms with van der Waals surface area (Å²) < 4.78 is 25.9. The Labute approximate surface area is 126 Å². The van der Waals surface area contributed by atoms with Crippen LogP contribution in [0.4, 0.5) is 5.69 Å². The molecule has 5 nitrogen and oxygen atoms in total. The summed E-state index contributed by atoms with van der Waals surface area (Å²) in [5.74, 6) is 0.552. The van der Waals surface area contributed by atoms with Crippen LogP contribution in [0, 0.1) is 5.92 Å². The highest BCUT2D eigenvalue weighted by Gasteiger charge is 2.57. The second-order valence-electron chi connectivity index (χ2n) is 5.78. The number of anilines is 1. The highest BCUT2D eigenvalue weighted by atomic mass is 79.9. The molecular formula is C13H15BrN2O3S. The van der Waals surface area contributed by atoms with Crippen molar-refractivity contribution in [3.8, 4) is 0 Å². The lowest BCUT2D eigenvalue weighted by molar-refractivity contribution is -0.0438. The molecule has 108 valence electrons. The predicted molar refractivity (Wildman–Crippen MR) is 80.1 cm³/mol. The van der Waals surface area contributed by atoms with Crippen LogP contribution in [0.15, 0.2) is 22.7 Å². The molecule has 0 unspecified atom stereocenters. The molecule has 1 amide bonds. The Morgan fingerprint density at radius 1 is 1.35 bits per heavy atom. The van der Waals surface area contributed by atoms with E-state index in [1.807, 2.05) is 0 Å². The summed E-state index contributed by atoms with van der Waals surface area (Å²) in [6.07, 6.45) is 4.20. The van der Waals surface area contributed by atoms with Crippen LogP contribution in [0.5, 0.6) is 0 Å². The maximum Gasteiger partial charge on any atom is 0.253 e. The van der Waals surface area contributed by atoms with Crippen molar-refractivity contribution in [2.24, 2.45) is 5.92 Å². The topological polar surface area (TPSA) is 75.3 Å². The molecule has 0 radical (unpaired) electrons. The van der Waals surface area contributed by atoms with E-state index >= 15 is 0 Å². The molecule has 0 saturated heterocycles. The van der Waals surface area contributed by atoms with E-state index in [1.54, 1.807) is 18.2 Å². The zero-order chi connectivity index (χ0) is 14.5. The molecule has 7 heteroatoms. The average Bonchev–Trinajstić information content (AvgIpc) is 2.19. The smallest absolute Gasteiger partial charge is 0.253 e. The Balaban J connectivity index is 1.85. The fraction of sp³-hybridized carbons (Fsp3) is 0.462. The molecule has 2 bridgehead atoms. The zero-order valence-corrected chi connectivity index (χ0v) is 13.3. The van der Waals surface area contributed by atoms with Gasteiger partial charge in [0.2, 0.25) is 10.0 Å². The van der Waals surface area contributed by atoms with Crippen molar-refractivity contribution in [2.75, 3.05) is 11.0 Å². The first-order chi connectivity index (χ1) is 9.26. The third-order valence-electron chi connectivity index (χ3n) is 3.94. The van der Waals surface area contributed by atoms with Gasteiger partial charge in [-0.2, -0.15) is 0 Å². The summed E-state index contributed by atoms with van der Waals surface area (Å²) >= 11 is 3.28. The quantitative estimate of drug-likeness (QED) is 0.865. The summed E-state index contributed by atoms with van der Waals surface area (Å²) in [6.45, 7) is 0. The van der Waals surface area contributed by atoms with E-state index in [1.165, 1.54) is 0 Å². The van der Waals surface area contributed by atoms with Crippen LogP contribution in [0.2, 0.25) is 0 Å². The predicted octanol–water partition coefficient (Wildman–Crippen LogP) is 2.10. The molecule has 3 aliphatic rings. The number of halogens is 1. The van der Waals surface area contributed by atoms with Crippen LogP contribution in [-0.2, 0) is 10.0 Å². The number of carbonyl (C=O) groups excluding carboxylic acids is 1. The number of benzene rings is 1. The molecule has 3 fully saturated rings. The summed E-state index contributed by atoms with van der Waals surface area (Å²) in [6, 6.07) is 4.95. The van der Waals surface area contributed by atoms with E-state index in [4.69, 9.17) is 0 Å². The van der Waals surface area contributed by atoms with Crippen LogP contribution in [0.25, 0.3) is 0 Å². The van der Waals surface area contributed by atoms with E-state index in [0.717, 1.165) is 31.4 Å². The van der Waals surface area contributed by atoms with E-state index in [2.05, 4.69) is 26.0 Å². The lowest BCUT2D eigenvalue weighted by Gasteiger charge is -2.61. The largest absolute Gasteiger partial charge is 0.347 e. The highest BCUT2D eigenvalue weighted by molar-refractivity contribution is 9.10.